The van der Waals surface area contributed by atoms with Crippen molar-refractivity contribution >= 4 is 17.5 Å². The van der Waals surface area contributed by atoms with E-state index in [-0.39, 0.29) is 37.1 Å². The Morgan fingerprint density at radius 3 is 1.87 bits per heavy atom. The summed E-state index contributed by atoms with van der Waals surface area (Å²) >= 11 is 0. The number of carbonyl (C=O) groups is 3. The zero-order valence-electron chi connectivity index (χ0n) is 22.6. The third-order valence-corrected chi connectivity index (χ3v) is 7.47. The van der Waals surface area contributed by atoms with E-state index < -0.39 is 23.6 Å². The van der Waals surface area contributed by atoms with Crippen molar-refractivity contribution < 1.29 is 28.2 Å². The monoisotopic (exact) mass is 532 g/mol. The van der Waals surface area contributed by atoms with Gasteiger partial charge in [0, 0.05) is 49.0 Å². The summed E-state index contributed by atoms with van der Waals surface area (Å²) in [4.78, 5) is 42.5. The minimum atomic E-state index is -0.726. The highest BCUT2D eigenvalue weighted by Crippen LogP contribution is 2.42. The van der Waals surface area contributed by atoms with Gasteiger partial charge in [0.15, 0.2) is 11.6 Å². The topological polar surface area (TPSA) is 84.9 Å². The number of amides is 1. The highest BCUT2D eigenvalue weighted by Gasteiger charge is 2.45. The minimum absolute atomic E-state index is 0.0230. The number of Topliss-reactive ketones (excluding diaryl/α,β-unsaturated/α-hetero) is 2. The van der Waals surface area contributed by atoms with Crippen LogP contribution in [0, 0.1) is 24.6 Å². The lowest BCUT2D eigenvalue weighted by molar-refractivity contribution is -0.122. The van der Waals surface area contributed by atoms with Gasteiger partial charge in [-0.15, -0.1) is 0 Å². The number of methoxy groups -OCH3 is 2. The molecule has 3 aromatic carbocycles. The Labute approximate surface area is 227 Å². The lowest BCUT2D eigenvalue weighted by atomic mass is 9.67. The van der Waals surface area contributed by atoms with E-state index in [1.807, 2.05) is 4.90 Å². The molecule has 2 atom stereocenters. The summed E-state index contributed by atoms with van der Waals surface area (Å²) in [7, 11) is 4.59. The molecule has 0 aromatic heterocycles. The number of hydrogen-bond acceptors (Lipinski definition) is 6. The van der Waals surface area contributed by atoms with Crippen LogP contribution in [0.5, 0.6) is 11.5 Å². The number of ether oxygens (including phenoxy) is 2. The van der Waals surface area contributed by atoms with Crippen molar-refractivity contribution in [2.24, 2.45) is 11.8 Å². The molecule has 1 fully saturated rings. The third-order valence-electron chi connectivity index (χ3n) is 7.47. The summed E-state index contributed by atoms with van der Waals surface area (Å²) < 4.78 is 25.5. The maximum absolute atomic E-state index is 14.9. The Morgan fingerprint density at radius 2 is 1.38 bits per heavy atom. The quantitative estimate of drug-likeness (QED) is 0.414. The van der Waals surface area contributed by atoms with E-state index in [9.17, 15) is 18.8 Å². The van der Waals surface area contributed by atoms with Gasteiger partial charge in [-0.25, -0.2) is 4.39 Å². The number of carbonyl (C=O) groups excluding carboxylic acids is 3. The SMILES string of the molecule is CNC(=O)CN1CC(C(=O)c2cccc(OC)c2)C(c2cccc(F)c2C)C(C(=O)c2cccc(OC)c2)C1. The van der Waals surface area contributed by atoms with E-state index in [0.717, 1.165) is 0 Å². The van der Waals surface area contributed by atoms with Crippen LogP contribution in [0.15, 0.2) is 66.7 Å². The van der Waals surface area contributed by atoms with Crippen LogP contribution in [0.2, 0.25) is 0 Å². The summed E-state index contributed by atoms with van der Waals surface area (Å²) in [5.74, 6) is -2.05. The van der Waals surface area contributed by atoms with Crippen LogP contribution in [0.25, 0.3) is 0 Å². The van der Waals surface area contributed by atoms with Crippen molar-refractivity contribution in [3.05, 3.63) is 94.8 Å². The first-order valence-corrected chi connectivity index (χ1v) is 12.8. The van der Waals surface area contributed by atoms with Crippen LogP contribution in [-0.2, 0) is 4.79 Å². The molecule has 204 valence electrons. The predicted octanol–water partition coefficient (Wildman–Crippen LogP) is 4.29. The Kier molecular flexibility index (Phi) is 8.76. The maximum Gasteiger partial charge on any atom is 0.233 e. The second kappa shape index (κ2) is 12.2. The van der Waals surface area contributed by atoms with Gasteiger partial charge in [-0.3, -0.25) is 19.3 Å². The van der Waals surface area contributed by atoms with Crippen LogP contribution in [0.1, 0.15) is 37.8 Å². The first-order chi connectivity index (χ1) is 18.8. The Balaban J connectivity index is 1.87. The molecule has 7 nitrogen and oxygen atoms in total. The van der Waals surface area contributed by atoms with Gasteiger partial charge in [0.2, 0.25) is 5.91 Å². The normalized spacial score (nSPS) is 19.3. The summed E-state index contributed by atoms with van der Waals surface area (Å²) in [6, 6.07) is 18.5. The number of rotatable bonds is 9. The number of likely N-dealkylation sites (tertiary alicyclic amines) is 1. The molecule has 1 aliphatic rings. The van der Waals surface area contributed by atoms with E-state index in [2.05, 4.69) is 5.32 Å². The van der Waals surface area contributed by atoms with Crippen molar-refractivity contribution in [1.29, 1.82) is 0 Å². The van der Waals surface area contributed by atoms with Crippen molar-refractivity contribution in [3.8, 4) is 11.5 Å². The molecule has 1 heterocycles. The molecule has 4 rings (SSSR count). The van der Waals surface area contributed by atoms with Gasteiger partial charge in [0.1, 0.15) is 17.3 Å². The number of nitrogens with one attached hydrogen (secondary N) is 1. The Hall–Kier alpha value is -4.04. The average molecular weight is 533 g/mol. The number of benzene rings is 3. The second-order valence-electron chi connectivity index (χ2n) is 9.75. The molecule has 1 amide bonds. The molecule has 0 spiro atoms. The lowest BCUT2D eigenvalue weighted by Gasteiger charge is -2.43. The molecule has 0 bridgehead atoms. The molecule has 0 aliphatic carbocycles. The van der Waals surface area contributed by atoms with Crippen molar-refractivity contribution in [1.82, 2.24) is 10.2 Å². The highest BCUT2D eigenvalue weighted by atomic mass is 19.1. The average Bonchev–Trinajstić information content (AvgIpc) is 2.97. The van der Waals surface area contributed by atoms with Gasteiger partial charge in [-0.1, -0.05) is 36.4 Å². The van der Waals surface area contributed by atoms with E-state index >= 15 is 0 Å². The molecule has 1 saturated heterocycles. The molecule has 39 heavy (non-hydrogen) atoms. The van der Waals surface area contributed by atoms with Crippen molar-refractivity contribution in [2.75, 3.05) is 40.9 Å². The largest absolute Gasteiger partial charge is 0.497 e. The van der Waals surface area contributed by atoms with Crippen molar-refractivity contribution in [3.63, 3.8) is 0 Å². The Morgan fingerprint density at radius 1 is 0.872 bits per heavy atom. The number of hydrogen-bond donors (Lipinski definition) is 1. The summed E-state index contributed by atoms with van der Waals surface area (Å²) in [5, 5.41) is 2.62. The predicted molar refractivity (Wildman–Crippen MR) is 146 cm³/mol. The lowest BCUT2D eigenvalue weighted by Crippen LogP contribution is -2.52. The molecule has 1 aliphatic heterocycles. The molecule has 0 saturated carbocycles. The number of ketones is 2. The van der Waals surface area contributed by atoms with E-state index in [0.29, 0.717) is 33.8 Å². The number of likely N-dealkylation sites (N-methyl/N-ethyl adjacent to an activating group) is 1. The highest BCUT2D eigenvalue weighted by molar-refractivity contribution is 6.02. The fourth-order valence-corrected chi connectivity index (χ4v) is 5.44. The summed E-state index contributed by atoms with van der Waals surface area (Å²) in [5.41, 5.74) is 1.85. The number of nitrogens with zero attached hydrogens (tertiary/aromatic N) is 1. The van der Waals surface area contributed by atoms with Gasteiger partial charge in [-0.2, -0.15) is 0 Å². The van der Waals surface area contributed by atoms with Gasteiger partial charge in [-0.05, 0) is 48.4 Å². The number of piperidine rings is 1. The summed E-state index contributed by atoms with van der Waals surface area (Å²) in [6.07, 6.45) is 0. The van der Waals surface area contributed by atoms with Crippen LogP contribution in [0.3, 0.4) is 0 Å². The van der Waals surface area contributed by atoms with Gasteiger partial charge < -0.3 is 14.8 Å². The van der Waals surface area contributed by atoms with Crippen LogP contribution < -0.4 is 14.8 Å². The first kappa shape index (κ1) is 28.0. The molecule has 2 unspecified atom stereocenters. The standard InChI is InChI=1S/C31H33FN2O5/c1-19-24(12-7-13-27(19)32)29-25(30(36)20-8-5-10-22(14-20)38-3)16-34(18-28(35)33-2)17-26(29)31(37)21-9-6-11-23(15-21)39-4/h5-15,25-26,29H,16-18H2,1-4H3,(H,33,35). The third kappa shape index (κ3) is 6.01. The zero-order valence-corrected chi connectivity index (χ0v) is 22.6. The van der Waals surface area contributed by atoms with Gasteiger partial charge in [0.05, 0.1) is 20.8 Å². The van der Waals surface area contributed by atoms with Crippen LogP contribution in [-0.4, -0.2) is 63.3 Å². The molecule has 1 N–H and O–H groups in total. The minimum Gasteiger partial charge on any atom is -0.497 e. The fourth-order valence-electron chi connectivity index (χ4n) is 5.44. The van der Waals surface area contributed by atoms with Crippen molar-refractivity contribution in [2.45, 2.75) is 12.8 Å². The molecule has 8 heteroatoms. The fraction of sp³-hybridized carbons (Fsp3) is 0.323. The first-order valence-electron chi connectivity index (χ1n) is 12.8. The van der Waals surface area contributed by atoms with E-state index in [1.165, 1.54) is 20.3 Å². The van der Waals surface area contributed by atoms with E-state index in [4.69, 9.17) is 9.47 Å². The summed E-state index contributed by atoms with van der Waals surface area (Å²) in [6.45, 7) is 2.15. The van der Waals surface area contributed by atoms with Crippen LogP contribution in [0.4, 0.5) is 4.39 Å². The van der Waals surface area contributed by atoms with Gasteiger partial charge >= 0.3 is 0 Å². The van der Waals surface area contributed by atoms with E-state index in [1.54, 1.807) is 74.6 Å². The molecule has 3 aromatic rings. The molecule has 0 radical (unpaired) electrons. The van der Waals surface area contributed by atoms with Crippen LogP contribution >= 0.6 is 0 Å². The smallest absolute Gasteiger partial charge is 0.233 e. The maximum atomic E-state index is 14.9. The molecular formula is C31H33FN2O5. The molecular weight excluding hydrogens is 499 g/mol. The zero-order chi connectivity index (χ0) is 28.1. The number of halogens is 1. The second-order valence-corrected chi connectivity index (χ2v) is 9.75. The Bertz CT molecular complexity index is 1310. The van der Waals surface area contributed by atoms with Gasteiger partial charge in [0.25, 0.3) is 0 Å².